The molecule has 0 radical (unpaired) electrons. The van der Waals surface area contributed by atoms with Gasteiger partial charge in [-0.15, -0.1) is 0 Å². The van der Waals surface area contributed by atoms with Crippen molar-refractivity contribution >= 4 is 40.7 Å². The summed E-state index contributed by atoms with van der Waals surface area (Å²) >= 11 is 12.0. The minimum absolute atomic E-state index is 0.0322. The summed E-state index contributed by atoms with van der Waals surface area (Å²) < 4.78 is 0. The van der Waals surface area contributed by atoms with Crippen molar-refractivity contribution in [3.05, 3.63) is 28.2 Å². The number of halogens is 2. The number of rotatable bonds is 7. The molecule has 2 rings (SSSR count). The van der Waals surface area contributed by atoms with Crippen LogP contribution in [0.1, 0.15) is 51.9 Å². The van der Waals surface area contributed by atoms with E-state index in [9.17, 15) is 9.59 Å². The van der Waals surface area contributed by atoms with Crippen LogP contribution >= 0.6 is 23.2 Å². The van der Waals surface area contributed by atoms with Crippen molar-refractivity contribution in [3.8, 4) is 0 Å². The molecule has 0 unspecified atom stereocenters. The van der Waals surface area contributed by atoms with E-state index in [1.807, 2.05) is 0 Å². The standard InChI is InChI=1S/C19H26Cl2N2O2/c1-2-3-4-11-22-18(24)13-5-7-14(8-6-13)19(25)23-17-10-9-15(20)12-16(17)21/h9-10,12-14H,2-8,11H2,1H3,(H,22,24)(H,23,25). The summed E-state index contributed by atoms with van der Waals surface area (Å²) in [5, 5.41) is 6.85. The highest BCUT2D eigenvalue weighted by Crippen LogP contribution is 2.31. The average Bonchev–Trinajstić information content (AvgIpc) is 2.61. The van der Waals surface area contributed by atoms with Crippen LogP contribution in [0.4, 0.5) is 5.69 Å². The first kappa shape index (κ1) is 20.1. The molecule has 0 atom stereocenters. The maximum atomic E-state index is 12.4. The third kappa shape index (κ3) is 6.19. The van der Waals surface area contributed by atoms with Crippen LogP contribution in [-0.4, -0.2) is 18.4 Å². The quantitative estimate of drug-likeness (QED) is 0.646. The van der Waals surface area contributed by atoms with Crippen LogP contribution in [0.5, 0.6) is 0 Å². The van der Waals surface area contributed by atoms with Gasteiger partial charge in [-0.05, 0) is 50.3 Å². The Morgan fingerprint density at radius 2 is 1.68 bits per heavy atom. The van der Waals surface area contributed by atoms with Gasteiger partial charge in [-0.2, -0.15) is 0 Å². The first-order valence-corrected chi connectivity index (χ1v) is 9.80. The molecule has 0 heterocycles. The van der Waals surface area contributed by atoms with Gasteiger partial charge >= 0.3 is 0 Å². The molecule has 1 aromatic carbocycles. The van der Waals surface area contributed by atoms with Crippen LogP contribution in [0.3, 0.4) is 0 Å². The number of nitrogens with one attached hydrogen (secondary N) is 2. The summed E-state index contributed by atoms with van der Waals surface area (Å²) in [6, 6.07) is 5.01. The van der Waals surface area contributed by atoms with Gasteiger partial charge in [-0.25, -0.2) is 0 Å². The lowest BCUT2D eigenvalue weighted by atomic mass is 9.81. The summed E-state index contributed by atoms with van der Waals surface area (Å²) in [6.45, 7) is 2.90. The van der Waals surface area contributed by atoms with E-state index in [0.29, 0.717) is 15.7 Å². The fourth-order valence-electron chi connectivity index (χ4n) is 3.17. The van der Waals surface area contributed by atoms with Gasteiger partial charge in [0.25, 0.3) is 0 Å². The van der Waals surface area contributed by atoms with Crippen LogP contribution in [0.25, 0.3) is 0 Å². The predicted octanol–water partition coefficient (Wildman–Crippen LogP) is 5.04. The topological polar surface area (TPSA) is 58.2 Å². The van der Waals surface area contributed by atoms with Crippen molar-refractivity contribution in [2.45, 2.75) is 51.9 Å². The minimum atomic E-state index is -0.0733. The van der Waals surface area contributed by atoms with Crippen LogP contribution in [0.2, 0.25) is 10.0 Å². The molecule has 25 heavy (non-hydrogen) atoms. The van der Waals surface area contributed by atoms with E-state index in [4.69, 9.17) is 23.2 Å². The van der Waals surface area contributed by atoms with Crippen molar-refractivity contribution in [2.24, 2.45) is 11.8 Å². The number of carbonyl (C=O) groups excluding carboxylic acids is 2. The van der Waals surface area contributed by atoms with Crippen LogP contribution in [-0.2, 0) is 9.59 Å². The third-order valence-corrected chi connectivity index (χ3v) is 5.29. The fraction of sp³-hybridized carbons (Fsp3) is 0.579. The molecule has 1 aliphatic carbocycles. The average molecular weight is 385 g/mol. The Morgan fingerprint density at radius 1 is 1.04 bits per heavy atom. The van der Waals surface area contributed by atoms with Gasteiger partial charge in [0.15, 0.2) is 0 Å². The summed E-state index contributed by atoms with van der Waals surface area (Å²) in [5.41, 5.74) is 0.576. The van der Waals surface area contributed by atoms with Crippen LogP contribution in [0, 0.1) is 11.8 Å². The Labute approximate surface area is 159 Å². The molecule has 0 aliphatic heterocycles. The van der Waals surface area contributed by atoms with E-state index < -0.39 is 0 Å². The molecule has 1 saturated carbocycles. The molecule has 0 saturated heterocycles. The zero-order valence-corrected chi connectivity index (χ0v) is 16.1. The van der Waals surface area contributed by atoms with E-state index in [1.165, 1.54) is 0 Å². The number of amides is 2. The van der Waals surface area contributed by atoms with Gasteiger partial charge < -0.3 is 10.6 Å². The predicted molar refractivity (Wildman–Crippen MR) is 103 cm³/mol. The lowest BCUT2D eigenvalue weighted by Gasteiger charge is -2.27. The Balaban J connectivity index is 1.77. The molecule has 1 fully saturated rings. The lowest BCUT2D eigenvalue weighted by molar-refractivity contribution is -0.128. The van der Waals surface area contributed by atoms with E-state index in [0.717, 1.165) is 51.5 Å². The van der Waals surface area contributed by atoms with Crippen molar-refractivity contribution in [3.63, 3.8) is 0 Å². The van der Waals surface area contributed by atoms with Gasteiger partial charge in [0.05, 0.1) is 10.7 Å². The fourth-order valence-corrected chi connectivity index (χ4v) is 3.63. The van der Waals surface area contributed by atoms with E-state index in [-0.39, 0.29) is 23.7 Å². The highest BCUT2D eigenvalue weighted by Gasteiger charge is 2.30. The molecule has 138 valence electrons. The Morgan fingerprint density at radius 3 is 2.28 bits per heavy atom. The lowest BCUT2D eigenvalue weighted by Crippen LogP contribution is -2.35. The van der Waals surface area contributed by atoms with Crippen LogP contribution in [0.15, 0.2) is 18.2 Å². The highest BCUT2D eigenvalue weighted by atomic mass is 35.5. The summed E-state index contributed by atoms with van der Waals surface area (Å²) in [6.07, 6.45) is 6.28. The molecule has 1 aliphatic rings. The van der Waals surface area contributed by atoms with Crippen molar-refractivity contribution in [1.29, 1.82) is 0 Å². The van der Waals surface area contributed by atoms with Crippen molar-refractivity contribution in [1.82, 2.24) is 5.32 Å². The molecule has 0 aromatic heterocycles. The number of carbonyl (C=O) groups is 2. The summed E-state index contributed by atoms with van der Waals surface area (Å²) in [7, 11) is 0. The number of anilines is 1. The third-order valence-electron chi connectivity index (χ3n) is 4.74. The smallest absolute Gasteiger partial charge is 0.227 e. The molecular weight excluding hydrogens is 359 g/mol. The highest BCUT2D eigenvalue weighted by molar-refractivity contribution is 6.36. The van der Waals surface area contributed by atoms with Gasteiger partial charge in [-0.3, -0.25) is 9.59 Å². The van der Waals surface area contributed by atoms with Gasteiger partial charge in [-0.1, -0.05) is 43.0 Å². The minimum Gasteiger partial charge on any atom is -0.356 e. The Kier molecular flexibility index (Phi) is 8.04. The van der Waals surface area contributed by atoms with Gasteiger partial charge in [0.1, 0.15) is 0 Å². The van der Waals surface area contributed by atoms with Crippen LogP contribution < -0.4 is 10.6 Å². The molecule has 0 spiro atoms. The molecule has 2 N–H and O–H groups in total. The number of hydrogen-bond acceptors (Lipinski definition) is 2. The first-order chi connectivity index (χ1) is 12.0. The second-order valence-corrected chi connectivity index (χ2v) is 7.50. The number of unbranched alkanes of at least 4 members (excludes halogenated alkanes) is 2. The normalized spacial score (nSPS) is 20.1. The summed E-state index contributed by atoms with van der Waals surface area (Å²) in [4.78, 5) is 24.6. The zero-order valence-electron chi connectivity index (χ0n) is 14.6. The zero-order chi connectivity index (χ0) is 18.2. The SMILES string of the molecule is CCCCCNC(=O)C1CCC(C(=O)Nc2ccc(Cl)cc2Cl)CC1. The van der Waals surface area contributed by atoms with E-state index >= 15 is 0 Å². The molecular formula is C19H26Cl2N2O2. The first-order valence-electron chi connectivity index (χ1n) is 9.05. The van der Waals surface area contributed by atoms with Gasteiger partial charge in [0.2, 0.25) is 11.8 Å². The monoisotopic (exact) mass is 384 g/mol. The molecule has 0 bridgehead atoms. The maximum absolute atomic E-state index is 12.4. The van der Waals surface area contributed by atoms with E-state index in [2.05, 4.69) is 17.6 Å². The second kappa shape index (κ2) is 10.0. The Hall–Kier alpha value is -1.26. The number of hydrogen-bond donors (Lipinski definition) is 2. The maximum Gasteiger partial charge on any atom is 0.227 e. The molecule has 1 aromatic rings. The van der Waals surface area contributed by atoms with Crippen molar-refractivity contribution < 1.29 is 9.59 Å². The number of benzene rings is 1. The van der Waals surface area contributed by atoms with Crippen molar-refractivity contribution in [2.75, 3.05) is 11.9 Å². The molecule has 6 heteroatoms. The largest absolute Gasteiger partial charge is 0.356 e. The summed E-state index contributed by atoms with van der Waals surface area (Å²) in [5.74, 6) is 0.0578. The molecule has 4 nitrogen and oxygen atoms in total. The molecule has 2 amide bonds. The second-order valence-electron chi connectivity index (χ2n) is 6.66. The van der Waals surface area contributed by atoms with Gasteiger partial charge in [0, 0.05) is 23.4 Å². The van der Waals surface area contributed by atoms with E-state index in [1.54, 1.807) is 18.2 Å². The Bertz CT molecular complexity index is 599.